The third-order valence-corrected chi connectivity index (χ3v) is 4.73. The molecule has 3 rings (SSSR count). The van der Waals surface area contributed by atoms with Crippen LogP contribution in [0.4, 0.5) is 0 Å². The first kappa shape index (κ1) is 16.3. The Labute approximate surface area is 142 Å². The van der Waals surface area contributed by atoms with E-state index in [1.165, 1.54) is 30.4 Å². The van der Waals surface area contributed by atoms with Crippen LogP contribution in [-0.4, -0.2) is 22.0 Å². The van der Waals surface area contributed by atoms with Gasteiger partial charge in [-0.15, -0.1) is 0 Å². The smallest absolute Gasteiger partial charge is 0.330 e. The molecule has 2 aromatic rings. The van der Waals surface area contributed by atoms with Gasteiger partial charge in [-0.2, -0.15) is 11.3 Å². The molecule has 0 spiro atoms. The van der Waals surface area contributed by atoms with Gasteiger partial charge < -0.3 is 14.9 Å². The number of phenolic OH excluding ortho intramolecular Hbond substituents is 1. The maximum Gasteiger partial charge on any atom is 0.330 e. The van der Waals surface area contributed by atoms with E-state index < -0.39 is 5.97 Å². The summed E-state index contributed by atoms with van der Waals surface area (Å²) in [7, 11) is 0. The molecule has 0 aliphatic carbocycles. The highest BCUT2D eigenvalue weighted by molar-refractivity contribution is 7.07. The van der Waals surface area contributed by atoms with Crippen molar-refractivity contribution in [3.8, 4) is 11.5 Å². The molecule has 0 radical (unpaired) electrons. The topological polar surface area (TPSA) is 83.8 Å². The van der Waals surface area contributed by atoms with Gasteiger partial charge in [-0.05, 0) is 42.3 Å². The van der Waals surface area contributed by atoms with Crippen molar-refractivity contribution in [2.75, 3.05) is 0 Å². The third kappa shape index (κ3) is 3.05. The molecular weight excluding hydrogens is 328 g/mol. The Bertz CT molecular complexity index is 820. The van der Waals surface area contributed by atoms with Gasteiger partial charge in [0.25, 0.3) is 0 Å². The van der Waals surface area contributed by atoms with E-state index in [0.29, 0.717) is 16.9 Å². The van der Waals surface area contributed by atoms with E-state index in [9.17, 15) is 14.7 Å². The van der Waals surface area contributed by atoms with E-state index in [1.54, 1.807) is 6.07 Å². The third-order valence-electron chi connectivity index (χ3n) is 4.03. The van der Waals surface area contributed by atoms with Gasteiger partial charge in [-0.1, -0.05) is 6.08 Å². The number of carbonyl (C=O) groups is 2. The van der Waals surface area contributed by atoms with E-state index in [0.717, 1.165) is 5.56 Å². The maximum atomic E-state index is 12.4. The SMILES string of the molecule is C/C(=C\Cc1c(O)ccc2c1OC(c1ccsc1)CC2=O)C(=O)O. The van der Waals surface area contributed by atoms with Crippen LogP contribution in [0.25, 0.3) is 0 Å². The summed E-state index contributed by atoms with van der Waals surface area (Å²) in [5.74, 6) is -0.737. The number of carbonyl (C=O) groups excluding carboxylic acids is 1. The van der Waals surface area contributed by atoms with Crippen molar-refractivity contribution < 1.29 is 24.5 Å². The van der Waals surface area contributed by atoms with E-state index in [4.69, 9.17) is 9.84 Å². The van der Waals surface area contributed by atoms with Gasteiger partial charge >= 0.3 is 5.97 Å². The summed E-state index contributed by atoms with van der Waals surface area (Å²) in [5.41, 5.74) is 1.95. The first-order valence-corrected chi connectivity index (χ1v) is 8.38. The molecule has 24 heavy (non-hydrogen) atoms. The Kier molecular flexibility index (Phi) is 4.40. The first-order chi connectivity index (χ1) is 11.5. The summed E-state index contributed by atoms with van der Waals surface area (Å²) in [6, 6.07) is 4.91. The van der Waals surface area contributed by atoms with Gasteiger partial charge in [0.15, 0.2) is 5.78 Å². The Hall–Kier alpha value is -2.60. The molecule has 1 atom stereocenters. The first-order valence-electron chi connectivity index (χ1n) is 7.44. The summed E-state index contributed by atoms with van der Waals surface area (Å²) in [6.45, 7) is 1.48. The van der Waals surface area contributed by atoms with Crippen LogP contribution in [0, 0.1) is 0 Å². The number of Topliss-reactive ketones (excluding diaryl/α,β-unsaturated/α-hetero) is 1. The van der Waals surface area contributed by atoms with E-state index in [-0.39, 0.29) is 36.1 Å². The Morgan fingerprint density at radius 2 is 2.21 bits per heavy atom. The average Bonchev–Trinajstić information content (AvgIpc) is 3.07. The molecule has 0 saturated heterocycles. The summed E-state index contributed by atoms with van der Waals surface area (Å²) < 4.78 is 6.00. The van der Waals surface area contributed by atoms with Crippen LogP contribution in [0.1, 0.15) is 40.9 Å². The summed E-state index contributed by atoms with van der Waals surface area (Å²) in [6.07, 6.45) is 1.54. The van der Waals surface area contributed by atoms with Gasteiger partial charge in [0.2, 0.25) is 0 Å². The second kappa shape index (κ2) is 6.49. The van der Waals surface area contributed by atoms with E-state index >= 15 is 0 Å². The lowest BCUT2D eigenvalue weighted by Gasteiger charge is -2.27. The van der Waals surface area contributed by atoms with Crippen LogP contribution in [0.3, 0.4) is 0 Å². The van der Waals surface area contributed by atoms with Crippen molar-refractivity contribution >= 4 is 23.1 Å². The Morgan fingerprint density at radius 1 is 1.42 bits per heavy atom. The second-order valence-corrected chi connectivity index (χ2v) is 6.41. The van der Waals surface area contributed by atoms with E-state index in [2.05, 4.69) is 0 Å². The number of hydrogen-bond donors (Lipinski definition) is 2. The highest BCUT2D eigenvalue weighted by atomic mass is 32.1. The zero-order chi connectivity index (χ0) is 17.3. The number of benzene rings is 1. The molecular formula is C18H16O5S. The maximum absolute atomic E-state index is 12.4. The van der Waals surface area contributed by atoms with Crippen LogP contribution in [0.15, 0.2) is 40.6 Å². The van der Waals surface area contributed by atoms with Crippen molar-refractivity contribution in [2.24, 2.45) is 0 Å². The molecule has 5 nitrogen and oxygen atoms in total. The number of thiophene rings is 1. The number of allylic oxidation sites excluding steroid dienone is 1. The predicted octanol–water partition coefficient (Wildman–Crippen LogP) is 3.73. The predicted molar refractivity (Wildman–Crippen MR) is 89.8 cm³/mol. The number of carboxylic acid groups (broad SMARTS) is 1. The van der Waals surface area contributed by atoms with Crippen molar-refractivity contribution in [1.29, 1.82) is 0 Å². The number of phenols is 1. The van der Waals surface area contributed by atoms with Crippen molar-refractivity contribution in [3.63, 3.8) is 0 Å². The largest absolute Gasteiger partial charge is 0.508 e. The zero-order valence-electron chi connectivity index (χ0n) is 13.0. The molecule has 0 amide bonds. The molecule has 1 aromatic heterocycles. The summed E-state index contributed by atoms with van der Waals surface area (Å²) in [4.78, 5) is 23.4. The summed E-state index contributed by atoms with van der Waals surface area (Å²) in [5, 5.41) is 23.0. The lowest BCUT2D eigenvalue weighted by atomic mass is 9.94. The van der Waals surface area contributed by atoms with Gasteiger partial charge in [0, 0.05) is 16.7 Å². The number of carboxylic acids is 1. The van der Waals surface area contributed by atoms with Crippen LogP contribution in [-0.2, 0) is 11.2 Å². The van der Waals surface area contributed by atoms with Crippen molar-refractivity contribution in [3.05, 3.63) is 57.3 Å². The van der Waals surface area contributed by atoms with Crippen LogP contribution in [0.2, 0.25) is 0 Å². The van der Waals surface area contributed by atoms with E-state index in [1.807, 2.05) is 16.8 Å². The van der Waals surface area contributed by atoms with Crippen LogP contribution >= 0.6 is 11.3 Å². The number of fused-ring (bicyclic) bond motifs is 1. The highest BCUT2D eigenvalue weighted by Gasteiger charge is 2.30. The molecule has 1 aliphatic heterocycles. The molecule has 1 unspecified atom stereocenters. The van der Waals surface area contributed by atoms with Gasteiger partial charge in [0.05, 0.1) is 12.0 Å². The quantitative estimate of drug-likeness (QED) is 0.826. The van der Waals surface area contributed by atoms with Gasteiger partial charge in [0.1, 0.15) is 17.6 Å². The standard InChI is InChI=1S/C18H16O5S/c1-10(18(21)22)2-3-12-14(19)5-4-13-15(20)8-16(23-17(12)13)11-6-7-24-9-11/h2,4-7,9,16,19H,3,8H2,1H3,(H,21,22)/b10-2+. The molecule has 2 N–H and O–H groups in total. The lowest BCUT2D eigenvalue weighted by molar-refractivity contribution is -0.132. The number of aliphatic carboxylic acids is 1. The molecule has 0 bridgehead atoms. The minimum Gasteiger partial charge on any atom is -0.508 e. The van der Waals surface area contributed by atoms with Crippen molar-refractivity contribution in [2.45, 2.75) is 25.9 Å². The number of rotatable bonds is 4. The number of ketones is 1. The minimum atomic E-state index is -1.02. The highest BCUT2D eigenvalue weighted by Crippen LogP contribution is 2.41. The van der Waals surface area contributed by atoms with Gasteiger partial charge in [-0.25, -0.2) is 4.79 Å². The zero-order valence-corrected chi connectivity index (χ0v) is 13.8. The molecule has 2 heterocycles. The average molecular weight is 344 g/mol. The number of hydrogen-bond acceptors (Lipinski definition) is 5. The Morgan fingerprint density at radius 3 is 2.88 bits per heavy atom. The molecule has 1 aromatic carbocycles. The Balaban J connectivity index is 2.00. The second-order valence-electron chi connectivity index (χ2n) is 5.63. The van der Waals surface area contributed by atoms with Crippen molar-refractivity contribution in [1.82, 2.24) is 0 Å². The lowest BCUT2D eigenvalue weighted by Crippen LogP contribution is -2.21. The van der Waals surface area contributed by atoms with Gasteiger partial charge in [-0.3, -0.25) is 4.79 Å². The normalized spacial score (nSPS) is 17.3. The number of ether oxygens (including phenoxy) is 1. The van der Waals surface area contributed by atoms with Crippen LogP contribution < -0.4 is 4.74 Å². The fourth-order valence-corrected chi connectivity index (χ4v) is 3.32. The molecule has 6 heteroatoms. The van der Waals surface area contributed by atoms with Crippen LogP contribution in [0.5, 0.6) is 11.5 Å². The molecule has 124 valence electrons. The fraction of sp³-hybridized carbons (Fsp3) is 0.222. The minimum absolute atomic E-state index is 0.0121. The molecule has 1 aliphatic rings. The summed E-state index contributed by atoms with van der Waals surface area (Å²) >= 11 is 1.53. The fourth-order valence-electron chi connectivity index (χ4n) is 2.62. The molecule has 0 saturated carbocycles. The molecule has 0 fully saturated rings. The number of aromatic hydroxyl groups is 1. The monoisotopic (exact) mass is 344 g/mol.